The Morgan fingerprint density at radius 3 is 2.58 bits per heavy atom. The molecule has 4 rings (SSSR count). The lowest BCUT2D eigenvalue weighted by molar-refractivity contribution is 0.0922. The van der Waals surface area contributed by atoms with E-state index in [1.165, 1.54) is 25.4 Å². The van der Waals surface area contributed by atoms with Gasteiger partial charge in [0, 0.05) is 24.3 Å². The maximum absolute atomic E-state index is 14.1. The molecule has 6 nitrogen and oxygen atoms in total. The average molecular weight is 432 g/mol. The normalized spacial score (nSPS) is 18.9. The van der Waals surface area contributed by atoms with Crippen LogP contribution >= 0.6 is 0 Å². The van der Waals surface area contributed by atoms with Crippen LogP contribution in [0.5, 0.6) is 5.75 Å². The van der Waals surface area contributed by atoms with E-state index < -0.39 is 18.1 Å². The van der Waals surface area contributed by atoms with Gasteiger partial charge in [0.25, 0.3) is 12.3 Å². The number of halogens is 3. The number of rotatable bonds is 6. The van der Waals surface area contributed by atoms with Gasteiger partial charge in [0.1, 0.15) is 28.7 Å². The van der Waals surface area contributed by atoms with E-state index >= 15 is 0 Å². The molecule has 1 saturated carbocycles. The van der Waals surface area contributed by atoms with Crippen LogP contribution in [0.1, 0.15) is 48.2 Å². The number of nitrogens with zero attached hydrogens (tertiary/aromatic N) is 2. The Balaban J connectivity index is 1.35. The van der Waals surface area contributed by atoms with E-state index in [2.05, 4.69) is 15.6 Å². The van der Waals surface area contributed by atoms with Gasteiger partial charge in [0.15, 0.2) is 0 Å². The number of benzene rings is 1. The van der Waals surface area contributed by atoms with Crippen LogP contribution in [0.15, 0.2) is 42.6 Å². The molecule has 1 aliphatic rings. The summed E-state index contributed by atoms with van der Waals surface area (Å²) in [6.45, 7) is 0. The van der Waals surface area contributed by atoms with Gasteiger partial charge in [-0.2, -0.15) is 0 Å². The number of carbonyl (C=O) groups excluding carboxylic acids is 1. The smallest absolute Gasteiger partial charge is 0.281 e. The van der Waals surface area contributed by atoms with Gasteiger partial charge >= 0.3 is 0 Å². The maximum Gasteiger partial charge on any atom is 0.281 e. The lowest BCUT2D eigenvalue weighted by Crippen LogP contribution is -2.40. The largest absolute Gasteiger partial charge is 0.497 e. The first-order chi connectivity index (χ1) is 14.9. The fraction of sp³-hybridized carbons (Fsp3) is 0.364. The first-order valence-corrected chi connectivity index (χ1v) is 10.1. The molecule has 1 aromatic carbocycles. The molecule has 3 aromatic rings. The van der Waals surface area contributed by atoms with Gasteiger partial charge in [-0.3, -0.25) is 9.20 Å². The molecular weight excluding hydrogens is 409 g/mol. The Morgan fingerprint density at radius 2 is 1.90 bits per heavy atom. The molecule has 1 amide bonds. The molecule has 9 heteroatoms. The first kappa shape index (κ1) is 21.0. The predicted molar refractivity (Wildman–Crippen MR) is 110 cm³/mol. The second kappa shape index (κ2) is 8.87. The molecule has 0 saturated heterocycles. The van der Waals surface area contributed by atoms with Crippen molar-refractivity contribution in [2.24, 2.45) is 0 Å². The number of nitrogens with one attached hydrogen (secondary N) is 2. The van der Waals surface area contributed by atoms with Gasteiger partial charge in [-0.1, -0.05) is 6.07 Å². The monoisotopic (exact) mass is 432 g/mol. The van der Waals surface area contributed by atoms with Crippen molar-refractivity contribution in [2.45, 2.75) is 44.2 Å². The van der Waals surface area contributed by atoms with E-state index in [0.29, 0.717) is 17.2 Å². The number of imidazole rings is 1. The van der Waals surface area contributed by atoms with Crippen LogP contribution in [0.3, 0.4) is 0 Å². The van der Waals surface area contributed by atoms with Crippen LogP contribution < -0.4 is 15.4 Å². The molecule has 31 heavy (non-hydrogen) atoms. The zero-order valence-corrected chi connectivity index (χ0v) is 16.9. The first-order valence-electron chi connectivity index (χ1n) is 10.1. The van der Waals surface area contributed by atoms with Gasteiger partial charge in [0.2, 0.25) is 0 Å². The number of aromatic nitrogens is 2. The summed E-state index contributed by atoms with van der Waals surface area (Å²) in [5.74, 6) is -0.0121. The summed E-state index contributed by atoms with van der Waals surface area (Å²) in [5, 5.41) is 6.29. The number of anilines is 1. The van der Waals surface area contributed by atoms with E-state index in [1.54, 1.807) is 22.6 Å². The Bertz CT molecular complexity index is 1080. The highest BCUT2D eigenvalue weighted by Gasteiger charge is 2.24. The van der Waals surface area contributed by atoms with E-state index in [1.807, 2.05) is 6.07 Å². The molecule has 164 valence electrons. The average Bonchev–Trinajstić information content (AvgIpc) is 3.21. The summed E-state index contributed by atoms with van der Waals surface area (Å²) < 4.78 is 46.6. The molecule has 0 unspecified atom stereocenters. The summed E-state index contributed by atoms with van der Waals surface area (Å²) in [6, 6.07) is 9.51. The van der Waals surface area contributed by atoms with Crippen LogP contribution in [0.2, 0.25) is 0 Å². The topological polar surface area (TPSA) is 67.7 Å². The van der Waals surface area contributed by atoms with Crippen LogP contribution in [0.4, 0.5) is 19.0 Å². The van der Waals surface area contributed by atoms with Crippen molar-refractivity contribution in [3.8, 4) is 5.75 Å². The summed E-state index contributed by atoms with van der Waals surface area (Å²) >= 11 is 0. The highest BCUT2D eigenvalue weighted by molar-refractivity contribution is 5.94. The van der Waals surface area contributed by atoms with Gasteiger partial charge < -0.3 is 15.4 Å². The SMILES string of the molecule is COc1ccc(C(=O)N[C@H]2CC[C@@H](Nc3cccc4nc(C(F)F)cn34)CC2)c(F)c1. The maximum atomic E-state index is 14.1. The highest BCUT2D eigenvalue weighted by Crippen LogP contribution is 2.25. The Labute approximate surface area is 177 Å². The zero-order chi connectivity index (χ0) is 22.0. The molecular formula is C22H23F3N4O2. The number of hydrogen-bond acceptors (Lipinski definition) is 4. The fourth-order valence-electron chi connectivity index (χ4n) is 3.91. The van der Waals surface area contributed by atoms with Gasteiger partial charge in [-0.25, -0.2) is 18.2 Å². The van der Waals surface area contributed by atoms with Crippen LogP contribution in [0, 0.1) is 5.82 Å². The van der Waals surface area contributed by atoms with Crippen molar-refractivity contribution in [1.82, 2.24) is 14.7 Å². The van der Waals surface area contributed by atoms with E-state index in [4.69, 9.17) is 4.74 Å². The minimum Gasteiger partial charge on any atom is -0.497 e. The third-order valence-electron chi connectivity index (χ3n) is 5.57. The third-order valence-corrected chi connectivity index (χ3v) is 5.57. The second-order valence-corrected chi connectivity index (χ2v) is 7.62. The molecule has 0 atom stereocenters. The van der Waals surface area contributed by atoms with Crippen LogP contribution in [-0.2, 0) is 0 Å². The number of ether oxygens (including phenoxy) is 1. The van der Waals surface area contributed by atoms with Crippen molar-refractivity contribution >= 4 is 17.4 Å². The van der Waals surface area contributed by atoms with Crippen molar-refractivity contribution in [3.63, 3.8) is 0 Å². The number of pyridine rings is 1. The Kier molecular flexibility index (Phi) is 6.01. The molecule has 1 aliphatic carbocycles. The standard InChI is InChI=1S/C22H23F3N4O2/c1-31-15-9-10-16(17(23)11-15)22(30)27-14-7-5-13(6-8-14)26-19-3-2-4-20-28-18(21(24)25)12-29(19)20/h2-4,9-14,21,26H,5-8H2,1H3,(H,27,30)/t13-,14+. The quantitative estimate of drug-likeness (QED) is 0.599. The molecule has 0 spiro atoms. The molecule has 0 bridgehead atoms. The van der Waals surface area contributed by atoms with Gasteiger partial charge in [0.05, 0.1) is 12.7 Å². The summed E-state index contributed by atoms with van der Waals surface area (Å²) in [4.78, 5) is 16.4. The number of amides is 1. The fourth-order valence-corrected chi connectivity index (χ4v) is 3.91. The number of methoxy groups -OCH3 is 1. The predicted octanol–water partition coefficient (Wildman–Crippen LogP) is 4.57. The number of fused-ring (bicyclic) bond motifs is 1. The highest BCUT2D eigenvalue weighted by atomic mass is 19.3. The lowest BCUT2D eigenvalue weighted by Gasteiger charge is -2.30. The number of alkyl halides is 2. The van der Waals surface area contributed by atoms with E-state index in [-0.39, 0.29) is 23.3 Å². The summed E-state index contributed by atoms with van der Waals surface area (Å²) in [7, 11) is 1.44. The van der Waals surface area contributed by atoms with Crippen molar-refractivity contribution < 1.29 is 22.7 Å². The Hall–Kier alpha value is -3.23. The molecule has 2 heterocycles. The van der Waals surface area contributed by atoms with Crippen LogP contribution in [0.25, 0.3) is 5.65 Å². The van der Waals surface area contributed by atoms with Gasteiger partial charge in [-0.15, -0.1) is 0 Å². The number of hydrogen-bond donors (Lipinski definition) is 2. The Morgan fingerprint density at radius 1 is 1.16 bits per heavy atom. The minimum atomic E-state index is -2.62. The molecule has 1 fully saturated rings. The third kappa shape index (κ3) is 4.60. The molecule has 2 N–H and O–H groups in total. The van der Waals surface area contributed by atoms with Crippen LogP contribution in [-0.4, -0.2) is 34.5 Å². The lowest BCUT2D eigenvalue weighted by atomic mass is 9.91. The van der Waals surface area contributed by atoms with Crippen molar-refractivity contribution in [2.75, 3.05) is 12.4 Å². The summed E-state index contributed by atoms with van der Waals surface area (Å²) in [6.07, 6.45) is 1.73. The minimum absolute atomic E-state index is 0.0114. The van der Waals surface area contributed by atoms with Crippen molar-refractivity contribution in [3.05, 3.63) is 59.7 Å². The number of carbonyl (C=O) groups is 1. The van der Waals surface area contributed by atoms with Gasteiger partial charge in [-0.05, 0) is 49.9 Å². The molecule has 0 aliphatic heterocycles. The molecule has 0 radical (unpaired) electrons. The van der Waals surface area contributed by atoms with E-state index in [9.17, 15) is 18.0 Å². The second-order valence-electron chi connectivity index (χ2n) is 7.62. The van der Waals surface area contributed by atoms with Crippen molar-refractivity contribution in [1.29, 1.82) is 0 Å². The zero-order valence-electron chi connectivity index (χ0n) is 16.9. The van der Waals surface area contributed by atoms with E-state index in [0.717, 1.165) is 25.7 Å². The molecule has 2 aromatic heterocycles. The summed E-state index contributed by atoms with van der Waals surface area (Å²) in [5.41, 5.74) is 0.192.